The Morgan fingerprint density at radius 2 is 1.85 bits per heavy atom. The minimum atomic E-state index is 0.680. The molecule has 26 heavy (non-hydrogen) atoms. The molecule has 0 aliphatic carbocycles. The average Bonchev–Trinajstić information content (AvgIpc) is 3.39. The first-order chi connectivity index (χ1) is 12.8. The number of piperidine rings is 1. The summed E-state index contributed by atoms with van der Waals surface area (Å²) in [5.74, 6) is 1.10. The highest BCUT2D eigenvalue weighted by molar-refractivity contribution is 7.18. The molecule has 3 aromatic rings. The van der Waals surface area contributed by atoms with Crippen molar-refractivity contribution in [2.75, 3.05) is 31.1 Å². The van der Waals surface area contributed by atoms with Gasteiger partial charge in [-0.3, -0.25) is 0 Å². The van der Waals surface area contributed by atoms with Gasteiger partial charge in [0.15, 0.2) is 0 Å². The van der Waals surface area contributed by atoms with Gasteiger partial charge in [0.2, 0.25) is 0 Å². The highest BCUT2D eigenvalue weighted by atomic mass is 32.1. The van der Waals surface area contributed by atoms with E-state index in [1.165, 1.54) is 48.9 Å². The molecule has 0 atom stereocenters. The predicted molar refractivity (Wildman–Crippen MR) is 108 cm³/mol. The Labute approximate surface area is 157 Å². The van der Waals surface area contributed by atoms with Crippen LogP contribution in [0.3, 0.4) is 0 Å². The lowest BCUT2D eigenvalue weighted by molar-refractivity contribution is 0.208. The standard InChI is InChI=1S/C21H22N4S/c22-14-15-3-4-17-19(13-15)23-21(18-7-12-26-20(17)18)25-10-5-16(6-11-25)24-8-1-2-9-24/h3-4,7,12-13,16H,1-2,5-6,8-11H2. The summed E-state index contributed by atoms with van der Waals surface area (Å²) in [6, 6.07) is 11.1. The van der Waals surface area contributed by atoms with Gasteiger partial charge in [0, 0.05) is 34.6 Å². The molecule has 2 aliphatic rings. The molecule has 0 unspecified atom stereocenters. The lowest BCUT2D eigenvalue weighted by Gasteiger charge is -2.37. The first-order valence-electron chi connectivity index (χ1n) is 9.53. The molecule has 0 N–H and O–H groups in total. The summed E-state index contributed by atoms with van der Waals surface area (Å²) < 4.78 is 1.29. The first kappa shape index (κ1) is 16.0. The molecule has 5 heteroatoms. The molecule has 4 heterocycles. The van der Waals surface area contributed by atoms with Crippen molar-refractivity contribution in [1.82, 2.24) is 9.88 Å². The molecule has 0 spiro atoms. The van der Waals surface area contributed by atoms with Gasteiger partial charge in [0.25, 0.3) is 0 Å². The fourth-order valence-electron chi connectivity index (χ4n) is 4.54. The van der Waals surface area contributed by atoms with Crippen LogP contribution in [0.1, 0.15) is 31.2 Å². The lowest BCUT2D eigenvalue weighted by atomic mass is 10.0. The van der Waals surface area contributed by atoms with Crippen LogP contribution in [0, 0.1) is 11.3 Å². The summed E-state index contributed by atoms with van der Waals surface area (Å²) in [6.07, 6.45) is 5.18. The predicted octanol–water partition coefficient (Wildman–Crippen LogP) is 4.39. The second kappa shape index (κ2) is 6.53. The number of anilines is 1. The maximum atomic E-state index is 9.23. The highest BCUT2D eigenvalue weighted by Crippen LogP contribution is 2.36. The molecule has 2 aliphatic heterocycles. The van der Waals surface area contributed by atoms with E-state index in [-0.39, 0.29) is 0 Å². The van der Waals surface area contributed by atoms with Gasteiger partial charge >= 0.3 is 0 Å². The smallest absolute Gasteiger partial charge is 0.138 e. The van der Waals surface area contributed by atoms with Crippen LogP contribution < -0.4 is 4.90 Å². The highest BCUT2D eigenvalue weighted by Gasteiger charge is 2.27. The number of nitrogens with zero attached hydrogens (tertiary/aromatic N) is 4. The van der Waals surface area contributed by atoms with E-state index in [0.717, 1.165) is 35.9 Å². The van der Waals surface area contributed by atoms with E-state index in [0.29, 0.717) is 5.56 Å². The molecule has 0 saturated carbocycles. The second-order valence-electron chi connectivity index (χ2n) is 7.40. The number of pyridine rings is 1. The van der Waals surface area contributed by atoms with Gasteiger partial charge in [0.05, 0.1) is 17.1 Å². The van der Waals surface area contributed by atoms with Crippen LogP contribution in [0.25, 0.3) is 21.0 Å². The maximum absolute atomic E-state index is 9.23. The molecule has 132 valence electrons. The number of likely N-dealkylation sites (tertiary alicyclic amines) is 1. The van der Waals surface area contributed by atoms with Crippen molar-refractivity contribution in [2.45, 2.75) is 31.7 Å². The largest absolute Gasteiger partial charge is 0.356 e. The van der Waals surface area contributed by atoms with Crippen molar-refractivity contribution >= 4 is 38.1 Å². The van der Waals surface area contributed by atoms with Crippen LogP contribution in [-0.2, 0) is 0 Å². The number of aromatic nitrogens is 1. The summed E-state index contributed by atoms with van der Waals surface area (Å²) in [7, 11) is 0. The Morgan fingerprint density at radius 3 is 2.62 bits per heavy atom. The molecule has 0 radical (unpaired) electrons. The van der Waals surface area contributed by atoms with E-state index in [9.17, 15) is 5.26 Å². The zero-order valence-corrected chi connectivity index (χ0v) is 15.6. The number of fused-ring (bicyclic) bond motifs is 3. The summed E-state index contributed by atoms with van der Waals surface area (Å²) in [6.45, 7) is 4.71. The number of benzene rings is 1. The van der Waals surface area contributed by atoms with Crippen molar-refractivity contribution in [1.29, 1.82) is 5.26 Å². The Hall–Kier alpha value is -2.16. The first-order valence-corrected chi connectivity index (χ1v) is 10.4. The van der Waals surface area contributed by atoms with Gasteiger partial charge < -0.3 is 9.80 Å². The molecule has 2 aromatic heterocycles. The van der Waals surface area contributed by atoms with E-state index >= 15 is 0 Å². The van der Waals surface area contributed by atoms with Gasteiger partial charge in [0.1, 0.15) is 5.82 Å². The Bertz CT molecular complexity index is 988. The third-order valence-corrected chi connectivity index (χ3v) is 6.87. The fourth-order valence-corrected chi connectivity index (χ4v) is 5.47. The fraction of sp³-hybridized carbons (Fsp3) is 0.429. The second-order valence-corrected chi connectivity index (χ2v) is 8.32. The van der Waals surface area contributed by atoms with Gasteiger partial charge in [-0.05, 0) is 62.4 Å². The van der Waals surface area contributed by atoms with E-state index in [4.69, 9.17) is 4.98 Å². The van der Waals surface area contributed by atoms with Crippen LogP contribution in [0.2, 0.25) is 0 Å². The van der Waals surface area contributed by atoms with Crippen molar-refractivity contribution in [2.24, 2.45) is 0 Å². The van der Waals surface area contributed by atoms with Crippen LogP contribution in [0.15, 0.2) is 29.6 Å². The SMILES string of the molecule is N#Cc1ccc2c(c1)nc(N1CCC(N3CCCC3)CC1)c1ccsc12. The molecule has 2 saturated heterocycles. The number of rotatable bonds is 2. The lowest BCUT2D eigenvalue weighted by Crippen LogP contribution is -2.44. The average molecular weight is 363 g/mol. The molecule has 0 amide bonds. The summed E-state index contributed by atoms with van der Waals surface area (Å²) in [4.78, 5) is 10.1. The van der Waals surface area contributed by atoms with Gasteiger partial charge in [-0.1, -0.05) is 6.07 Å². The van der Waals surface area contributed by atoms with Crippen LogP contribution in [0.4, 0.5) is 5.82 Å². The molecule has 4 nitrogen and oxygen atoms in total. The summed E-state index contributed by atoms with van der Waals surface area (Å²) in [5.41, 5.74) is 1.62. The Morgan fingerprint density at radius 1 is 1.04 bits per heavy atom. The third kappa shape index (κ3) is 2.65. The third-order valence-electron chi connectivity index (χ3n) is 5.93. The van der Waals surface area contributed by atoms with Gasteiger partial charge in [-0.15, -0.1) is 11.3 Å². The van der Waals surface area contributed by atoms with Crippen LogP contribution in [0.5, 0.6) is 0 Å². The van der Waals surface area contributed by atoms with Crippen molar-refractivity contribution in [3.8, 4) is 6.07 Å². The molecule has 5 rings (SSSR count). The van der Waals surface area contributed by atoms with Gasteiger partial charge in [-0.2, -0.15) is 5.26 Å². The number of hydrogen-bond acceptors (Lipinski definition) is 5. The van der Waals surface area contributed by atoms with E-state index in [1.807, 2.05) is 18.2 Å². The molecular formula is C21H22N4S. The zero-order chi connectivity index (χ0) is 17.5. The van der Waals surface area contributed by atoms with E-state index < -0.39 is 0 Å². The monoisotopic (exact) mass is 362 g/mol. The summed E-state index contributed by atoms with van der Waals surface area (Å²) >= 11 is 1.77. The number of hydrogen-bond donors (Lipinski definition) is 0. The van der Waals surface area contributed by atoms with E-state index in [1.54, 1.807) is 11.3 Å². The van der Waals surface area contributed by atoms with Crippen molar-refractivity contribution < 1.29 is 0 Å². The van der Waals surface area contributed by atoms with Crippen molar-refractivity contribution in [3.05, 3.63) is 35.2 Å². The number of thiophene rings is 1. The Kier molecular flexibility index (Phi) is 4.03. The van der Waals surface area contributed by atoms with Crippen LogP contribution >= 0.6 is 11.3 Å². The molecule has 2 fully saturated rings. The van der Waals surface area contributed by atoms with Gasteiger partial charge in [-0.25, -0.2) is 4.98 Å². The zero-order valence-electron chi connectivity index (χ0n) is 14.8. The minimum absolute atomic E-state index is 0.680. The Balaban J connectivity index is 1.50. The van der Waals surface area contributed by atoms with Crippen LogP contribution in [-0.4, -0.2) is 42.1 Å². The molecule has 1 aromatic carbocycles. The maximum Gasteiger partial charge on any atom is 0.138 e. The molecule has 0 bridgehead atoms. The van der Waals surface area contributed by atoms with Crippen molar-refractivity contribution in [3.63, 3.8) is 0 Å². The van der Waals surface area contributed by atoms with E-state index in [2.05, 4.69) is 27.3 Å². The normalized spacial score (nSPS) is 19.4. The topological polar surface area (TPSA) is 43.2 Å². The quantitative estimate of drug-likeness (QED) is 0.678. The number of nitriles is 1. The summed E-state index contributed by atoms with van der Waals surface area (Å²) in [5, 5.41) is 13.8. The minimum Gasteiger partial charge on any atom is -0.356 e. The molecular weight excluding hydrogens is 340 g/mol.